The van der Waals surface area contributed by atoms with Crippen molar-refractivity contribution in [2.75, 3.05) is 11.5 Å². The van der Waals surface area contributed by atoms with Gasteiger partial charge in [0.15, 0.2) is 6.23 Å². The summed E-state index contributed by atoms with van der Waals surface area (Å²) in [4.78, 5) is 32.1. The molecule has 1 aromatic rings. The van der Waals surface area contributed by atoms with Crippen LogP contribution >= 0.6 is 0 Å². The molecule has 2 rings (SSSR count). The van der Waals surface area contributed by atoms with E-state index < -0.39 is 36.8 Å². The lowest BCUT2D eigenvalue weighted by molar-refractivity contribution is -0.123. The molecule has 0 bridgehead atoms. The van der Waals surface area contributed by atoms with Crippen molar-refractivity contribution in [1.29, 1.82) is 0 Å². The fourth-order valence-electron chi connectivity index (χ4n) is 5.48. The quantitative estimate of drug-likeness (QED) is 0.131. The molecule has 4 N–H and O–H groups in total. The van der Waals surface area contributed by atoms with Gasteiger partial charge in [0, 0.05) is 12.6 Å². The molecular weight excluding hydrogens is 510 g/mol. The Labute approximate surface area is 240 Å². The Hall–Kier alpha value is -1.81. The highest BCUT2D eigenvalue weighted by Gasteiger charge is 2.47. The second-order valence-corrected chi connectivity index (χ2v) is 11.4. The molecule has 0 spiro atoms. The summed E-state index contributed by atoms with van der Waals surface area (Å²) < 4.78 is 5.57. The molecule has 1 aliphatic heterocycles. The fraction of sp³-hybridized carbons (Fsp3) is 0.839. The number of anilines is 1. The minimum atomic E-state index is -1.41. The van der Waals surface area contributed by atoms with Crippen molar-refractivity contribution in [2.24, 2.45) is 0 Å². The molecule has 1 fully saturated rings. The molecule has 9 heteroatoms. The zero-order valence-corrected chi connectivity index (χ0v) is 24.8. The Kier molecular flexibility index (Phi) is 18.0. The second kappa shape index (κ2) is 21.0. The molecule has 1 aliphatic rings. The van der Waals surface area contributed by atoms with Gasteiger partial charge in [-0.25, -0.2) is 9.78 Å². The van der Waals surface area contributed by atoms with Crippen molar-refractivity contribution in [3.63, 3.8) is 0 Å². The zero-order chi connectivity index (χ0) is 29.0. The Balaban J connectivity index is 1.54. The van der Waals surface area contributed by atoms with E-state index >= 15 is 0 Å². The number of aromatic amines is 1. The van der Waals surface area contributed by atoms with Gasteiger partial charge in [-0.15, -0.1) is 0 Å². The van der Waals surface area contributed by atoms with E-state index in [-0.39, 0.29) is 18.1 Å². The first-order valence-electron chi connectivity index (χ1n) is 16.0. The van der Waals surface area contributed by atoms with Crippen LogP contribution in [0, 0.1) is 0 Å². The van der Waals surface area contributed by atoms with E-state index in [2.05, 4.69) is 16.9 Å². The highest BCUT2D eigenvalue weighted by molar-refractivity contribution is 5.92. The van der Waals surface area contributed by atoms with E-state index in [4.69, 9.17) is 4.74 Å². The van der Waals surface area contributed by atoms with Crippen LogP contribution in [0.2, 0.25) is 0 Å². The molecule has 9 nitrogen and oxygen atoms in total. The van der Waals surface area contributed by atoms with Gasteiger partial charge in [-0.3, -0.25) is 14.7 Å². The first kappa shape index (κ1) is 34.4. The first-order chi connectivity index (χ1) is 19.5. The van der Waals surface area contributed by atoms with Gasteiger partial charge in [0.05, 0.1) is 6.61 Å². The number of hydrogen-bond acceptors (Lipinski definition) is 7. The van der Waals surface area contributed by atoms with Gasteiger partial charge < -0.3 is 20.1 Å². The molecule has 0 aromatic carbocycles. The van der Waals surface area contributed by atoms with Crippen LogP contribution in [-0.2, 0) is 9.53 Å². The number of carbonyl (C=O) groups is 1. The summed E-state index contributed by atoms with van der Waals surface area (Å²) in [7, 11) is 0. The van der Waals surface area contributed by atoms with Gasteiger partial charge in [-0.2, -0.15) is 0 Å². The van der Waals surface area contributed by atoms with Gasteiger partial charge >= 0.3 is 5.69 Å². The third-order valence-corrected chi connectivity index (χ3v) is 7.95. The summed E-state index contributed by atoms with van der Waals surface area (Å²) in [5.74, 6) is -0.193. The minimum absolute atomic E-state index is 0.137. The molecule has 1 saturated heterocycles. The third-order valence-electron chi connectivity index (χ3n) is 7.95. The molecular formula is C31H55N3O6. The van der Waals surface area contributed by atoms with Gasteiger partial charge in [-0.1, -0.05) is 122 Å². The maximum absolute atomic E-state index is 13.1. The molecule has 0 saturated carbocycles. The van der Waals surface area contributed by atoms with Crippen LogP contribution in [-0.4, -0.2) is 62.3 Å². The van der Waals surface area contributed by atoms with E-state index in [9.17, 15) is 24.9 Å². The molecule has 2 heterocycles. The average molecular weight is 566 g/mol. The summed E-state index contributed by atoms with van der Waals surface area (Å²) in [6.45, 7) is 1.77. The summed E-state index contributed by atoms with van der Waals surface area (Å²) in [6.07, 6.45) is 20.7. The van der Waals surface area contributed by atoms with Gasteiger partial charge in [0.25, 0.3) is 0 Å². The number of H-pyrrole nitrogens is 1. The number of aliphatic hydroxyl groups excluding tert-OH is 3. The molecule has 1 amide bonds. The van der Waals surface area contributed by atoms with Crippen molar-refractivity contribution in [2.45, 2.75) is 160 Å². The number of nitrogens with one attached hydrogen (secondary N) is 1. The molecule has 0 unspecified atom stereocenters. The molecule has 40 heavy (non-hydrogen) atoms. The number of unbranched alkanes of at least 4 members (excludes halogenated alkanes) is 18. The van der Waals surface area contributed by atoms with Crippen molar-refractivity contribution in [3.05, 3.63) is 22.7 Å². The van der Waals surface area contributed by atoms with Gasteiger partial charge in [0.1, 0.15) is 24.1 Å². The maximum atomic E-state index is 13.1. The van der Waals surface area contributed by atoms with E-state index in [1.807, 2.05) is 0 Å². The third kappa shape index (κ3) is 12.8. The number of aromatic nitrogens is 2. The lowest BCUT2D eigenvalue weighted by atomic mass is 10.0. The summed E-state index contributed by atoms with van der Waals surface area (Å²) >= 11 is 0. The number of aliphatic hydroxyl groups is 3. The van der Waals surface area contributed by atoms with Crippen LogP contribution in [0.4, 0.5) is 5.82 Å². The lowest BCUT2D eigenvalue weighted by Gasteiger charge is -2.30. The molecule has 230 valence electrons. The van der Waals surface area contributed by atoms with Crippen molar-refractivity contribution >= 4 is 11.7 Å². The van der Waals surface area contributed by atoms with Crippen LogP contribution in [0.5, 0.6) is 0 Å². The number of amides is 1. The molecule has 4 atom stereocenters. The zero-order valence-electron chi connectivity index (χ0n) is 24.8. The monoisotopic (exact) mass is 565 g/mol. The second-order valence-electron chi connectivity index (χ2n) is 11.4. The summed E-state index contributed by atoms with van der Waals surface area (Å²) in [5, 5.41) is 30.0. The van der Waals surface area contributed by atoms with Crippen molar-refractivity contribution in [1.82, 2.24) is 9.97 Å². The predicted octanol–water partition coefficient (Wildman–Crippen LogP) is 5.36. The Bertz CT molecular complexity index is 850. The number of rotatable bonds is 23. The predicted molar refractivity (Wildman–Crippen MR) is 158 cm³/mol. The largest absolute Gasteiger partial charge is 0.394 e. The number of nitrogens with zero attached hydrogens (tertiary/aromatic N) is 2. The van der Waals surface area contributed by atoms with Crippen LogP contribution < -0.4 is 10.6 Å². The van der Waals surface area contributed by atoms with Crippen molar-refractivity contribution < 1.29 is 24.9 Å². The van der Waals surface area contributed by atoms with E-state index in [1.165, 1.54) is 113 Å². The van der Waals surface area contributed by atoms with Crippen LogP contribution in [0.15, 0.2) is 17.1 Å². The number of ether oxygens (including phenoxy) is 1. The summed E-state index contributed by atoms with van der Waals surface area (Å²) in [5.41, 5.74) is -0.634. The number of carbonyl (C=O) groups excluding carboxylic acids is 1. The van der Waals surface area contributed by atoms with E-state index in [1.54, 1.807) is 0 Å². The van der Waals surface area contributed by atoms with E-state index in [0.717, 1.165) is 19.3 Å². The standard InChI is InChI=1S/C31H55N3O6/c1-2-3-4-5-6-7-8-9-10-11-12-13-14-15-16-17-18-19-20-21-27(36)34(26-22-23-32-31(39)33-26)30-29(38)28(37)25(24-35)40-30/h22-23,25,28-30,35,37-38H,2-21,24H2,1H3,(H,32,33,39)/t25-,28-,29+,30-/m1/s1. The van der Waals surface area contributed by atoms with Crippen LogP contribution in [0.25, 0.3) is 0 Å². The SMILES string of the molecule is CCCCCCCCCCCCCCCCCCCCCC(=O)N(c1ccnc(=O)[nH]1)[C@@H]1O[C@H](CO)[C@@H](O)[C@@H]1O. The highest BCUT2D eigenvalue weighted by Crippen LogP contribution is 2.28. The van der Waals surface area contributed by atoms with Crippen molar-refractivity contribution in [3.8, 4) is 0 Å². The highest BCUT2D eigenvalue weighted by atomic mass is 16.6. The Morgan fingerprint density at radius 1 is 0.825 bits per heavy atom. The Morgan fingerprint density at radius 2 is 1.30 bits per heavy atom. The fourth-order valence-corrected chi connectivity index (χ4v) is 5.48. The normalized spacial score (nSPS) is 20.7. The average Bonchev–Trinajstić information content (AvgIpc) is 3.23. The number of hydrogen-bond donors (Lipinski definition) is 4. The smallest absolute Gasteiger partial charge is 0.346 e. The van der Waals surface area contributed by atoms with Crippen LogP contribution in [0.3, 0.4) is 0 Å². The molecule has 0 aliphatic carbocycles. The maximum Gasteiger partial charge on any atom is 0.346 e. The molecule has 1 aromatic heterocycles. The lowest BCUT2D eigenvalue weighted by Crippen LogP contribution is -2.48. The topological polar surface area (TPSA) is 136 Å². The van der Waals surface area contributed by atoms with Crippen LogP contribution in [0.1, 0.15) is 135 Å². The van der Waals surface area contributed by atoms with Gasteiger partial charge in [0.2, 0.25) is 5.91 Å². The first-order valence-corrected chi connectivity index (χ1v) is 16.0. The van der Waals surface area contributed by atoms with Gasteiger partial charge in [-0.05, 0) is 12.5 Å². The summed E-state index contributed by atoms with van der Waals surface area (Å²) in [6, 6.07) is 1.45. The molecule has 0 radical (unpaired) electrons. The van der Waals surface area contributed by atoms with E-state index in [0.29, 0.717) is 6.42 Å². The minimum Gasteiger partial charge on any atom is -0.394 e. The Morgan fingerprint density at radius 3 is 1.73 bits per heavy atom.